The largest absolute Gasteiger partial charge is 0.379 e. The summed E-state index contributed by atoms with van der Waals surface area (Å²) in [6.07, 6.45) is 1.98. The Morgan fingerprint density at radius 3 is 3.00 bits per heavy atom. The first-order chi connectivity index (χ1) is 6.70. The van der Waals surface area contributed by atoms with Gasteiger partial charge in [-0.3, -0.25) is 10.1 Å². The van der Waals surface area contributed by atoms with Crippen LogP contribution in [-0.2, 0) is 6.42 Å². The predicted molar refractivity (Wildman–Crippen MR) is 62.6 cm³/mol. The second kappa shape index (κ2) is 3.72. The fourth-order valence-electron chi connectivity index (χ4n) is 1.68. The average molecular weight is 304 g/mol. The molecule has 2 rings (SSSR count). The first kappa shape index (κ1) is 9.70. The lowest BCUT2D eigenvalue weighted by Gasteiger charge is -2.18. The van der Waals surface area contributed by atoms with Gasteiger partial charge in [-0.25, -0.2) is 0 Å². The Morgan fingerprint density at radius 2 is 2.29 bits per heavy atom. The zero-order chi connectivity index (χ0) is 10.1. The zero-order valence-electron chi connectivity index (χ0n) is 7.42. The van der Waals surface area contributed by atoms with Gasteiger partial charge >= 0.3 is 0 Å². The zero-order valence-corrected chi connectivity index (χ0v) is 9.58. The summed E-state index contributed by atoms with van der Waals surface area (Å²) in [6.45, 7) is 0.827. The Kier molecular flexibility index (Phi) is 2.58. The highest BCUT2D eigenvalue weighted by Crippen LogP contribution is 2.34. The van der Waals surface area contributed by atoms with Gasteiger partial charge in [-0.1, -0.05) is 0 Å². The quantitative estimate of drug-likeness (QED) is 0.493. The summed E-state index contributed by atoms with van der Waals surface area (Å²) in [6, 6.07) is 3.38. The molecule has 0 atom stereocenters. The topological polar surface area (TPSA) is 55.2 Å². The first-order valence-corrected chi connectivity index (χ1v) is 5.47. The second-order valence-electron chi connectivity index (χ2n) is 3.21. The lowest BCUT2D eigenvalue weighted by Crippen LogP contribution is -2.14. The summed E-state index contributed by atoms with van der Waals surface area (Å²) in [5.41, 5.74) is 2.00. The molecule has 1 aromatic rings. The Morgan fingerprint density at radius 1 is 1.50 bits per heavy atom. The Labute approximate surface area is 95.0 Å². The van der Waals surface area contributed by atoms with Gasteiger partial charge in [0, 0.05) is 16.2 Å². The van der Waals surface area contributed by atoms with Gasteiger partial charge in [0.15, 0.2) is 0 Å². The monoisotopic (exact) mass is 304 g/mol. The summed E-state index contributed by atoms with van der Waals surface area (Å²) in [4.78, 5) is 10.4. The molecule has 0 spiro atoms. The molecule has 0 fully saturated rings. The summed E-state index contributed by atoms with van der Waals surface area (Å²) >= 11 is 2.22. The van der Waals surface area contributed by atoms with Gasteiger partial charge in [0.1, 0.15) is 5.69 Å². The molecule has 0 unspecified atom stereocenters. The van der Waals surface area contributed by atoms with Crippen molar-refractivity contribution in [3.8, 4) is 0 Å². The van der Waals surface area contributed by atoms with Crippen LogP contribution in [0, 0.1) is 13.7 Å². The van der Waals surface area contributed by atoms with Crippen molar-refractivity contribution in [3.05, 3.63) is 31.4 Å². The number of nitrogens with one attached hydrogen (secondary N) is 1. The molecule has 0 saturated carbocycles. The van der Waals surface area contributed by atoms with Crippen molar-refractivity contribution in [1.82, 2.24) is 0 Å². The maximum atomic E-state index is 10.7. The van der Waals surface area contributed by atoms with Crippen LogP contribution in [0.1, 0.15) is 12.0 Å². The molecule has 1 aliphatic heterocycles. The summed E-state index contributed by atoms with van der Waals surface area (Å²) in [5.74, 6) is 0. The fraction of sp³-hybridized carbons (Fsp3) is 0.333. The standard InChI is InChI=1S/C9H9IN2O2/c10-7-3-4-8(12(13)14)9-6(7)2-1-5-11-9/h3-4,11H,1-2,5H2. The van der Waals surface area contributed by atoms with E-state index in [0.29, 0.717) is 5.69 Å². The molecule has 14 heavy (non-hydrogen) atoms. The molecule has 0 amide bonds. The van der Waals surface area contributed by atoms with E-state index >= 15 is 0 Å². The SMILES string of the molecule is O=[N+]([O-])c1ccc(I)c2c1NCCC2. The van der Waals surface area contributed by atoms with Crippen LogP contribution in [0.15, 0.2) is 12.1 Å². The van der Waals surface area contributed by atoms with Crippen LogP contribution >= 0.6 is 22.6 Å². The molecule has 0 aromatic heterocycles. The Bertz CT molecular complexity index is 393. The van der Waals surface area contributed by atoms with Crippen molar-refractivity contribution < 1.29 is 4.92 Å². The van der Waals surface area contributed by atoms with Gasteiger partial charge < -0.3 is 5.32 Å². The second-order valence-corrected chi connectivity index (χ2v) is 4.37. The molecule has 1 N–H and O–H groups in total. The highest BCUT2D eigenvalue weighted by atomic mass is 127. The van der Waals surface area contributed by atoms with Crippen molar-refractivity contribution in [2.45, 2.75) is 12.8 Å². The number of rotatable bonds is 1. The normalized spacial score (nSPS) is 14.4. The molecule has 0 bridgehead atoms. The van der Waals surface area contributed by atoms with E-state index in [1.165, 1.54) is 0 Å². The van der Waals surface area contributed by atoms with Crippen LogP contribution in [0.5, 0.6) is 0 Å². The molecular formula is C9H9IN2O2. The summed E-state index contributed by atoms with van der Waals surface area (Å²) in [7, 11) is 0. The number of fused-ring (bicyclic) bond motifs is 1. The lowest BCUT2D eigenvalue weighted by atomic mass is 10.0. The van der Waals surface area contributed by atoms with Crippen LogP contribution in [0.4, 0.5) is 11.4 Å². The molecule has 4 nitrogen and oxygen atoms in total. The smallest absolute Gasteiger partial charge is 0.292 e. The van der Waals surface area contributed by atoms with Crippen LogP contribution in [-0.4, -0.2) is 11.5 Å². The van der Waals surface area contributed by atoms with Crippen LogP contribution in [0.2, 0.25) is 0 Å². The minimum absolute atomic E-state index is 0.195. The third-order valence-corrected chi connectivity index (χ3v) is 3.35. The highest BCUT2D eigenvalue weighted by molar-refractivity contribution is 14.1. The molecule has 0 aliphatic carbocycles. The summed E-state index contributed by atoms with van der Waals surface area (Å²) < 4.78 is 1.11. The molecule has 0 radical (unpaired) electrons. The van der Waals surface area contributed by atoms with Crippen molar-refractivity contribution in [2.75, 3.05) is 11.9 Å². The van der Waals surface area contributed by atoms with Gasteiger partial charge in [-0.05, 0) is 47.1 Å². The van der Waals surface area contributed by atoms with E-state index in [4.69, 9.17) is 0 Å². The molecule has 1 aromatic carbocycles. The molecule has 5 heteroatoms. The van der Waals surface area contributed by atoms with Crippen LogP contribution in [0.25, 0.3) is 0 Å². The highest BCUT2D eigenvalue weighted by Gasteiger charge is 2.21. The van der Waals surface area contributed by atoms with Crippen molar-refractivity contribution >= 4 is 34.0 Å². The molecule has 0 saturated heterocycles. The third kappa shape index (κ3) is 1.56. The van der Waals surface area contributed by atoms with E-state index in [-0.39, 0.29) is 10.6 Å². The molecule has 74 valence electrons. The number of halogens is 1. The Balaban J connectivity index is 2.59. The number of benzene rings is 1. The van der Waals surface area contributed by atoms with Crippen molar-refractivity contribution in [3.63, 3.8) is 0 Å². The van der Waals surface area contributed by atoms with Gasteiger partial charge in [0.25, 0.3) is 5.69 Å². The van der Waals surface area contributed by atoms with E-state index in [0.717, 1.165) is 28.5 Å². The first-order valence-electron chi connectivity index (χ1n) is 4.40. The Hall–Kier alpha value is -0.850. The number of nitro benzene ring substituents is 1. The maximum absolute atomic E-state index is 10.7. The number of hydrogen-bond acceptors (Lipinski definition) is 3. The number of hydrogen-bond donors (Lipinski definition) is 1. The summed E-state index contributed by atoms with van der Waals surface area (Å²) in [5, 5.41) is 13.9. The van der Waals surface area contributed by atoms with Gasteiger partial charge in [-0.15, -0.1) is 0 Å². The van der Waals surface area contributed by atoms with E-state index in [1.807, 2.05) is 6.07 Å². The van der Waals surface area contributed by atoms with E-state index < -0.39 is 0 Å². The number of nitro groups is 1. The lowest BCUT2D eigenvalue weighted by molar-refractivity contribution is -0.384. The molecule has 1 heterocycles. The van der Waals surface area contributed by atoms with Gasteiger partial charge in [0.05, 0.1) is 4.92 Å². The van der Waals surface area contributed by atoms with Gasteiger partial charge in [0.2, 0.25) is 0 Å². The molecule has 1 aliphatic rings. The van der Waals surface area contributed by atoms with E-state index in [2.05, 4.69) is 27.9 Å². The molecular weight excluding hydrogens is 295 g/mol. The van der Waals surface area contributed by atoms with E-state index in [9.17, 15) is 10.1 Å². The average Bonchev–Trinajstić information content (AvgIpc) is 2.18. The van der Waals surface area contributed by atoms with Crippen molar-refractivity contribution in [1.29, 1.82) is 0 Å². The number of nitrogens with zero attached hydrogens (tertiary/aromatic N) is 1. The van der Waals surface area contributed by atoms with E-state index in [1.54, 1.807) is 6.07 Å². The predicted octanol–water partition coefficient (Wildman–Crippen LogP) is 2.56. The maximum Gasteiger partial charge on any atom is 0.292 e. The minimum atomic E-state index is -0.326. The number of anilines is 1. The minimum Gasteiger partial charge on any atom is -0.379 e. The fourth-order valence-corrected chi connectivity index (χ4v) is 2.40. The van der Waals surface area contributed by atoms with Crippen LogP contribution < -0.4 is 5.32 Å². The van der Waals surface area contributed by atoms with Crippen molar-refractivity contribution in [2.24, 2.45) is 0 Å². The third-order valence-electron chi connectivity index (χ3n) is 2.34. The van der Waals surface area contributed by atoms with Gasteiger partial charge in [-0.2, -0.15) is 0 Å². The van der Waals surface area contributed by atoms with Crippen LogP contribution in [0.3, 0.4) is 0 Å².